The molecule has 1 amide bonds. The number of pyridine rings is 2. The van der Waals surface area contributed by atoms with Crippen molar-refractivity contribution in [3.8, 4) is 0 Å². The maximum absolute atomic E-state index is 12.6. The van der Waals surface area contributed by atoms with E-state index in [0.717, 1.165) is 34.4 Å². The third-order valence-corrected chi connectivity index (χ3v) is 6.03. The normalized spacial score (nSPS) is 24.3. The molecule has 4 heterocycles. The van der Waals surface area contributed by atoms with Crippen LogP contribution in [0.1, 0.15) is 47.8 Å². The second-order valence-corrected chi connectivity index (χ2v) is 8.11. The van der Waals surface area contributed by atoms with Gasteiger partial charge in [0.05, 0.1) is 6.42 Å². The zero-order valence-electron chi connectivity index (χ0n) is 14.1. The smallest absolute Gasteiger partial charge is 0.232 e. The van der Waals surface area contributed by atoms with Crippen LogP contribution < -0.4 is 4.90 Å². The molecule has 5 nitrogen and oxygen atoms in total. The number of halogens is 1. The standard InChI is InChI=1S/C20H17ClN4O/c21-17-5-11-3-14(9-22-19(11)24-17)15-7-16(15)25-18(26)6-12-4-13(10-1-2-10)8-23-20(12)25/h3-5,8-10,15-16H,1-2,6-7H2,(H,22,24). The highest BCUT2D eigenvalue weighted by molar-refractivity contribution is 6.30. The first-order valence-corrected chi connectivity index (χ1v) is 9.50. The van der Waals surface area contributed by atoms with Gasteiger partial charge in [-0.3, -0.25) is 9.69 Å². The molecule has 0 bridgehead atoms. The lowest BCUT2D eigenvalue weighted by Gasteiger charge is -2.17. The second kappa shape index (κ2) is 5.07. The summed E-state index contributed by atoms with van der Waals surface area (Å²) in [6, 6.07) is 6.41. The largest absolute Gasteiger partial charge is 0.330 e. The highest BCUT2D eigenvalue weighted by Gasteiger charge is 2.49. The predicted octanol–water partition coefficient (Wildman–Crippen LogP) is 3.93. The molecule has 6 rings (SSSR count). The van der Waals surface area contributed by atoms with Crippen molar-refractivity contribution in [2.24, 2.45) is 0 Å². The van der Waals surface area contributed by atoms with Crippen LogP contribution in [0.15, 0.2) is 30.6 Å². The van der Waals surface area contributed by atoms with Crippen LogP contribution in [-0.2, 0) is 11.2 Å². The van der Waals surface area contributed by atoms with Crippen molar-refractivity contribution in [2.75, 3.05) is 4.90 Å². The first kappa shape index (κ1) is 14.7. The fourth-order valence-corrected chi connectivity index (χ4v) is 4.45. The van der Waals surface area contributed by atoms with E-state index in [0.29, 0.717) is 23.4 Å². The minimum Gasteiger partial charge on any atom is -0.330 e. The number of nitrogens with zero attached hydrogens (tertiary/aromatic N) is 3. The fourth-order valence-electron chi connectivity index (χ4n) is 4.24. The van der Waals surface area contributed by atoms with Crippen molar-refractivity contribution in [2.45, 2.75) is 43.6 Å². The average Bonchev–Trinajstić information content (AvgIpc) is 3.53. The summed E-state index contributed by atoms with van der Waals surface area (Å²) in [5, 5.41) is 1.61. The molecule has 0 radical (unpaired) electrons. The Balaban J connectivity index is 1.30. The Labute approximate surface area is 155 Å². The number of carbonyl (C=O) groups is 1. The maximum atomic E-state index is 12.6. The monoisotopic (exact) mass is 364 g/mol. The summed E-state index contributed by atoms with van der Waals surface area (Å²) in [6.07, 6.45) is 7.81. The van der Waals surface area contributed by atoms with Crippen molar-refractivity contribution in [3.05, 3.63) is 52.4 Å². The third kappa shape index (κ3) is 2.20. The zero-order valence-corrected chi connectivity index (χ0v) is 14.8. The number of H-pyrrole nitrogens is 1. The molecule has 0 spiro atoms. The van der Waals surface area contributed by atoms with E-state index in [-0.39, 0.29) is 11.9 Å². The number of aromatic nitrogens is 3. The quantitative estimate of drug-likeness (QED) is 0.765. The molecule has 0 aromatic carbocycles. The molecule has 2 aliphatic carbocycles. The van der Waals surface area contributed by atoms with Crippen molar-refractivity contribution in [1.82, 2.24) is 15.0 Å². The number of hydrogen-bond donors (Lipinski definition) is 1. The second-order valence-electron chi connectivity index (χ2n) is 7.70. The van der Waals surface area contributed by atoms with Gasteiger partial charge in [0.1, 0.15) is 16.6 Å². The number of carbonyl (C=O) groups excluding carboxylic acids is 1. The number of anilines is 1. The summed E-state index contributed by atoms with van der Waals surface area (Å²) in [5.41, 5.74) is 4.35. The van der Waals surface area contributed by atoms with Crippen LogP contribution in [0.25, 0.3) is 11.0 Å². The topological polar surface area (TPSA) is 61.9 Å². The Hall–Kier alpha value is -2.40. The predicted molar refractivity (Wildman–Crippen MR) is 99.7 cm³/mol. The molecule has 26 heavy (non-hydrogen) atoms. The first-order chi connectivity index (χ1) is 12.7. The van der Waals surface area contributed by atoms with Gasteiger partial charge in [0, 0.05) is 35.3 Å². The summed E-state index contributed by atoms with van der Waals surface area (Å²) in [6.45, 7) is 0. The molecule has 1 N–H and O–H groups in total. The Morgan fingerprint density at radius 3 is 2.81 bits per heavy atom. The molecule has 0 saturated heterocycles. The molecule has 2 atom stereocenters. The van der Waals surface area contributed by atoms with Crippen LogP contribution in [0.5, 0.6) is 0 Å². The van der Waals surface area contributed by atoms with Gasteiger partial charge in [-0.15, -0.1) is 0 Å². The number of nitrogens with one attached hydrogen (secondary N) is 1. The van der Waals surface area contributed by atoms with Gasteiger partial charge in [-0.1, -0.05) is 11.6 Å². The third-order valence-electron chi connectivity index (χ3n) is 5.83. The molecule has 3 aromatic heterocycles. The Kier molecular flexibility index (Phi) is 2.87. The lowest BCUT2D eigenvalue weighted by molar-refractivity contribution is -0.117. The van der Waals surface area contributed by atoms with Gasteiger partial charge < -0.3 is 4.98 Å². The fraction of sp³-hybridized carbons (Fsp3) is 0.350. The molecule has 2 saturated carbocycles. The van der Waals surface area contributed by atoms with Gasteiger partial charge in [0.2, 0.25) is 5.91 Å². The van der Waals surface area contributed by atoms with Crippen LogP contribution in [-0.4, -0.2) is 26.9 Å². The van der Waals surface area contributed by atoms with E-state index < -0.39 is 0 Å². The van der Waals surface area contributed by atoms with Crippen LogP contribution in [0, 0.1) is 0 Å². The lowest BCUT2D eigenvalue weighted by Crippen LogP contribution is -2.30. The van der Waals surface area contributed by atoms with E-state index in [1.807, 2.05) is 23.4 Å². The minimum atomic E-state index is 0.173. The number of hydrogen-bond acceptors (Lipinski definition) is 3. The van der Waals surface area contributed by atoms with Crippen molar-refractivity contribution in [3.63, 3.8) is 0 Å². The highest BCUT2D eigenvalue weighted by Crippen LogP contribution is 2.49. The zero-order chi connectivity index (χ0) is 17.4. The van der Waals surface area contributed by atoms with E-state index in [1.165, 1.54) is 18.4 Å². The molecule has 1 aliphatic heterocycles. The Morgan fingerprint density at radius 2 is 1.96 bits per heavy atom. The van der Waals surface area contributed by atoms with Crippen molar-refractivity contribution >= 4 is 34.4 Å². The van der Waals surface area contributed by atoms with Gasteiger partial charge in [-0.25, -0.2) is 9.97 Å². The average molecular weight is 365 g/mol. The van der Waals surface area contributed by atoms with Gasteiger partial charge in [0.15, 0.2) is 0 Å². The summed E-state index contributed by atoms with van der Waals surface area (Å²) < 4.78 is 0. The van der Waals surface area contributed by atoms with E-state index >= 15 is 0 Å². The van der Waals surface area contributed by atoms with Gasteiger partial charge in [0.25, 0.3) is 0 Å². The molecule has 3 aliphatic rings. The number of amides is 1. The molecular weight excluding hydrogens is 348 g/mol. The molecular formula is C20H17ClN4O. The lowest BCUT2D eigenvalue weighted by atomic mass is 10.1. The van der Waals surface area contributed by atoms with Crippen LogP contribution in [0.2, 0.25) is 5.15 Å². The van der Waals surface area contributed by atoms with Gasteiger partial charge in [-0.2, -0.15) is 0 Å². The highest BCUT2D eigenvalue weighted by atomic mass is 35.5. The summed E-state index contributed by atoms with van der Waals surface area (Å²) in [7, 11) is 0. The molecule has 2 fully saturated rings. The molecule has 6 heteroatoms. The molecule has 2 unspecified atom stereocenters. The first-order valence-electron chi connectivity index (χ1n) is 9.12. The van der Waals surface area contributed by atoms with Gasteiger partial charge >= 0.3 is 0 Å². The van der Waals surface area contributed by atoms with Crippen LogP contribution in [0.3, 0.4) is 0 Å². The van der Waals surface area contributed by atoms with E-state index in [4.69, 9.17) is 11.6 Å². The van der Waals surface area contributed by atoms with E-state index in [9.17, 15) is 4.79 Å². The minimum absolute atomic E-state index is 0.173. The maximum Gasteiger partial charge on any atom is 0.232 e. The number of rotatable bonds is 3. The molecule has 130 valence electrons. The number of aromatic amines is 1. The van der Waals surface area contributed by atoms with Crippen LogP contribution >= 0.6 is 11.6 Å². The SMILES string of the molecule is O=C1Cc2cc(C3CC3)cnc2N1C1CC1c1cnc2[nH]c(Cl)cc2c1. The van der Waals surface area contributed by atoms with Crippen molar-refractivity contribution < 1.29 is 4.79 Å². The molecule has 3 aromatic rings. The summed E-state index contributed by atoms with van der Waals surface area (Å²) in [5.74, 6) is 2.02. The van der Waals surface area contributed by atoms with Crippen molar-refractivity contribution in [1.29, 1.82) is 0 Å². The Morgan fingerprint density at radius 1 is 1.12 bits per heavy atom. The Bertz CT molecular complexity index is 1070. The van der Waals surface area contributed by atoms with E-state index in [1.54, 1.807) is 0 Å². The number of fused-ring (bicyclic) bond motifs is 2. The van der Waals surface area contributed by atoms with Gasteiger partial charge in [-0.05, 0) is 54.5 Å². The van der Waals surface area contributed by atoms with Crippen LogP contribution in [0.4, 0.5) is 5.82 Å². The van der Waals surface area contributed by atoms with E-state index in [2.05, 4.69) is 27.1 Å². The summed E-state index contributed by atoms with van der Waals surface area (Å²) in [4.78, 5) is 26.7. The summed E-state index contributed by atoms with van der Waals surface area (Å²) >= 11 is 6.02.